The van der Waals surface area contributed by atoms with E-state index < -0.39 is 0 Å². The van der Waals surface area contributed by atoms with Gasteiger partial charge in [-0.25, -0.2) is 0 Å². The third-order valence-electron chi connectivity index (χ3n) is 2.35. The van der Waals surface area contributed by atoms with Crippen LogP contribution in [0.15, 0.2) is 12.7 Å². The van der Waals surface area contributed by atoms with E-state index in [1.54, 1.807) is 0 Å². The summed E-state index contributed by atoms with van der Waals surface area (Å²) < 4.78 is 0. The lowest BCUT2D eigenvalue weighted by Crippen LogP contribution is -2.17. The Labute approximate surface area is 74.0 Å². The second-order valence-corrected chi connectivity index (χ2v) is 3.34. The standard InChI is InChI=1S/C10H17NO/c1-2-3-4-5-10(12)9-6-7-11-8-9/h2,9,11H,1,3-8H2. The van der Waals surface area contributed by atoms with Crippen LogP contribution < -0.4 is 5.32 Å². The highest BCUT2D eigenvalue weighted by Gasteiger charge is 2.20. The number of hydrogen-bond donors (Lipinski definition) is 1. The van der Waals surface area contributed by atoms with Gasteiger partial charge in [-0.05, 0) is 25.8 Å². The van der Waals surface area contributed by atoms with Crippen LogP contribution in [0.5, 0.6) is 0 Å². The van der Waals surface area contributed by atoms with Crippen LogP contribution in [0, 0.1) is 5.92 Å². The summed E-state index contributed by atoms with van der Waals surface area (Å²) in [6.45, 7) is 5.54. The molecule has 2 heteroatoms. The fraction of sp³-hybridized carbons (Fsp3) is 0.700. The molecule has 0 amide bonds. The van der Waals surface area contributed by atoms with Gasteiger partial charge in [0.15, 0.2) is 0 Å². The molecule has 1 heterocycles. The zero-order valence-electron chi connectivity index (χ0n) is 7.51. The lowest BCUT2D eigenvalue weighted by molar-refractivity contribution is -0.122. The van der Waals surface area contributed by atoms with Gasteiger partial charge in [-0.3, -0.25) is 4.79 Å². The molecule has 1 aliphatic heterocycles. The van der Waals surface area contributed by atoms with Crippen molar-refractivity contribution in [3.05, 3.63) is 12.7 Å². The Morgan fingerprint density at radius 2 is 2.50 bits per heavy atom. The maximum Gasteiger partial charge on any atom is 0.137 e. The number of hydrogen-bond acceptors (Lipinski definition) is 2. The van der Waals surface area contributed by atoms with E-state index in [1.807, 2.05) is 6.08 Å². The maximum absolute atomic E-state index is 11.4. The summed E-state index contributed by atoms with van der Waals surface area (Å²) in [5.41, 5.74) is 0. The van der Waals surface area contributed by atoms with Crippen LogP contribution in [-0.4, -0.2) is 18.9 Å². The predicted octanol–water partition coefficient (Wildman–Crippen LogP) is 1.52. The second kappa shape index (κ2) is 5.09. The molecule has 0 spiro atoms. The molecular weight excluding hydrogens is 150 g/mol. The van der Waals surface area contributed by atoms with Crippen molar-refractivity contribution >= 4 is 5.78 Å². The quantitative estimate of drug-likeness (QED) is 0.497. The van der Waals surface area contributed by atoms with Gasteiger partial charge in [-0.2, -0.15) is 0 Å². The summed E-state index contributed by atoms with van der Waals surface area (Å²) in [5.74, 6) is 0.733. The molecule has 0 aromatic rings. The first-order valence-corrected chi connectivity index (χ1v) is 4.69. The van der Waals surface area contributed by atoms with Gasteiger partial charge in [-0.1, -0.05) is 6.08 Å². The van der Waals surface area contributed by atoms with E-state index in [1.165, 1.54) is 0 Å². The van der Waals surface area contributed by atoms with Crippen LogP contribution >= 0.6 is 0 Å². The Balaban J connectivity index is 2.14. The molecule has 1 aliphatic rings. The fourth-order valence-electron chi connectivity index (χ4n) is 1.55. The van der Waals surface area contributed by atoms with E-state index in [0.29, 0.717) is 11.7 Å². The van der Waals surface area contributed by atoms with Crippen molar-refractivity contribution in [2.75, 3.05) is 13.1 Å². The molecule has 1 saturated heterocycles. The second-order valence-electron chi connectivity index (χ2n) is 3.34. The Morgan fingerprint density at radius 1 is 1.67 bits per heavy atom. The number of carbonyl (C=O) groups excluding carboxylic acids is 1. The van der Waals surface area contributed by atoms with Crippen molar-refractivity contribution in [1.82, 2.24) is 5.32 Å². The van der Waals surface area contributed by atoms with Crippen LogP contribution in [0.3, 0.4) is 0 Å². The Hall–Kier alpha value is -0.630. The molecule has 0 aromatic heterocycles. The van der Waals surface area contributed by atoms with Crippen molar-refractivity contribution < 1.29 is 4.79 Å². The monoisotopic (exact) mass is 167 g/mol. The Kier molecular flexibility index (Phi) is 4.01. The zero-order chi connectivity index (χ0) is 8.81. The molecule has 12 heavy (non-hydrogen) atoms. The van der Waals surface area contributed by atoms with Gasteiger partial charge in [0.05, 0.1) is 0 Å². The van der Waals surface area contributed by atoms with Crippen LogP contribution in [0.25, 0.3) is 0 Å². The van der Waals surface area contributed by atoms with Crippen LogP contribution in [0.2, 0.25) is 0 Å². The molecule has 1 atom stereocenters. The van der Waals surface area contributed by atoms with Gasteiger partial charge < -0.3 is 5.32 Å². The maximum atomic E-state index is 11.4. The smallest absolute Gasteiger partial charge is 0.137 e. The molecule has 1 fully saturated rings. The molecule has 0 radical (unpaired) electrons. The first-order chi connectivity index (χ1) is 5.84. The van der Waals surface area contributed by atoms with E-state index in [2.05, 4.69) is 11.9 Å². The SMILES string of the molecule is C=CCCCC(=O)C1CCNC1. The predicted molar refractivity (Wildman–Crippen MR) is 50.0 cm³/mol. The van der Waals surface area contributed by atoms with E-state index in [9.17, 15) is 4.79 Å². The number of carbonyl (C=O) groups is 1. The molecule has 0 bridgehead atoms. The van der Waals surface area contributed by atoms with E-state index in [4.69, 9.17) is 0 Å². The first-order valence-electron chi connectivity index (χ1n) is 4.69. The molecule has 1 N–H and O–H groups in total. The summed E-state index contributed by atoms with van der Waals surface area (Å²) in [5, 5.41) is 3.20. The molecular formula is C10H17NO. The molecule has 2 nitrogen and oxygen atoms in total. The lowest BCUT2D eigenvalue weighted by atomic mass is 9.99. The molecule has 0 saturated carbocycles. The summed E-state index contributed by atoms with van der Waals surface area (Å²) in [4.78, 5) is 11.4. The van der Waals surface area contributed by atoms with Crippen molar-refractivity contribution in [2.24, 2.45) is 5.92 Å². The molecule has 0 aromatic carbocycles. The highest BCUT2D eigenvalue weighted by molar-refractivity contribution is 5.81. The summed E-state index contributed by atoms with van der Waals surface area (Å²) >= 11 is 0. The fourth-order valence-corrected chi connectivity index (χ4v) is 1.55. The third kappa shape index (κ3) is 2.78. The van der Waals surface area contributed by atoms with E-state index in [-0.39, 0.29) is 0 Å². The largest absolute Gasteiger partial charge is 0.316 e. The van der Waals surface area contributed by atoms with E-state index >= 15 is 0 Å². The third-order valence-corrected chi connectivity index (χ3v) is 2.35. The zero-order valence-corrected chi connectivity index (χ0v) is 7.51. The number of allylic oxidation sites excluding steroid dienone is 1. The van der Waals surface area contributed by atoms with Gasteiger partial charge in [0.1, 0.15) is 5.78 Å². The minimum Gasteiger partial charge on any atom is -0.316 e. The minimum absolute atomic E-state index is 0.301. The highest BCUT2D eigenvalue weighted by atomic mass is 16.1. The van der Waals surface area contributed by atoms with E-state index in [0.717, 1.165) is 38.8 Å². The highest BCUT2D eigenvalue weighted by Crippen LogP contribution is 2.12. The topological polar surface area (TPSA) is 29.1 Å². The molecule has 68 valence electrons. The van der Waals surface area contributed by atoms with Gasteiger partial charge in [0.2, 0.25) is 0 Å². The van der Waals surface area contributed by atoms with Crippen molar-refractivity contribution in [1.29, 1.82) is 0 Å². The van der Waals surface area contributed by atoms with Crippen LogP contribution in [0.1, 0.15) is 25.7 Å². The number of rotatable bonds is 5. The van der Waals surface area contributed by atoms with Crippen molar-refractivity contribution in [3.63, 3.8) is 0 Å². The Morgan fingerprint density at radius 3 is 3.08 bits per heavy atom. The molecule has 1 unspecified atom stereocenters. The van der Waals surface area contributed by atoms with Gasteiger partial charge in [0, 0.05) is 18.9 Å². The average molecular weight is 167 g/mol. The van der Waals surface area contributed by atoms with Crippen LogP contribution in [-0.2, 0) is 4.79 Å². The minimum atomic E-state index is 0.301. The van der Waals surface area contributed by atoms with Crippen molar-refractivity contribution in [3.8, 4) is 0 Å². The number of unbranched alkanes of at least 4 members (excludes halogenated alkanes) is 1. The number of ketones is 1. The average Bonchev–Trinajstić information content (AvgIpc) is 2.56. The molecule has 0 aliphatic carbocycles. The first kappa shape index (κ1) is 9.46. The van der Waals surface area contributed by atoms with Crippen molar-refractivity contribution in [2.45, 2.75) is 25.7 Å². The summed E-state index contributed by atoms with van der Waals surface area (Å²) in [7, 11) is 0. The van der Waals surface area contributed by atoms with Gasteiger partial charge >= 0.3 is 0 Å². The normalized spacial score (nSPS) is 22.5. The van der Waals surface area contributed by atoms with Gasteiger partial charge in [0.25, 0.3) is 0 Å². The number of nitrogens with one attached hydrogen (secondary N) is 1. The Bertz CT molecular complexity index is 159. The van der Waals surface area contributed by atoms with Crippen LogP contribution in [0.4, 0.5) is 0 Å². The lowest BCUT2D eigenvalue weighted by Gasteiger charge is -2.05. The summed E-state index contributed by atoms with van der Waals surface area (Å²) in [6, 6.07) is 0. The molecule has 1 rings (SSSR count). The summed E-state index contributed by atoms with van der Waals surface area (Å²) in [6.07, 6.45) is 5.58. The van der Waals surface area contributed by atoms with Gasteiger partial charge in [-0.15, -0.1) is 6.58 Å². The number of Topliss-reactive ketones (excluding diaryl/α,β-unsaturated/α-hetero) is 1.